The lowest BCUT2D eigenvalue weighted by molar-refractivity contribution is 0.159. The number of aliphatic hydroxyl groups excluding tert-OH is 1. The van der Waals surface area contributed by atoms with E-state index >= 15 is 0 Å². The van der Waals surface area contributed by atoms with Gasteiger partial charge in [0.1, 0.15) is 0 Å². The third-order valence-corrected chi connectivity index (χ3v) is 4.95. The van der Waals surface area contributed by atoms with Gasteiger partial charge in [-0.3, -0.25) is 4.57 Å². The van der Waals surface area contributed by atoms with Crippen LogP contribution in [-0.4, -0.2) is 30.6 Å². The predicted octanol–water partition coefficient (Wildman–Crippen LogP) is 4.14. The van der Waals surface area contributed by atoms with Gasteiger partial charge in [0.05, 0.1) is 25.5 Å². The Morgan fingerprint density at radius 2 is 1.74 bits per heavy atom. The minimum absolute atomic E-state index is 0.0985. The van der Waals surface area contributed by atoms with E-state index in [0.29, 0.717) is 19.6 Å². The first-order valence-corrected chi connectivity index (χ1v) is 8.97. The summed E-state index contributed by atoms with van der Waals surface area (Å²) in [5.74, 6) is 0. The van der Waals surface area contributed by atoms with Gasteiger partial charge in [-0.2, -0.15) is 0 Å². The Morgan fingerprint density at radius 3 is 2.26 bits per heavy atom. The molecule has 5 heteroatoms. The highest BCUT2D eigenvalue weighted by Crippen LogP contribution is 2.48. The highest BCUT2D eigenvalue weighted by molar-refractivity contribution is 7.53. The first-order chi connectivity index (χ1) is 9.08. The third kappa shape index (κ3) is 10.3. The Kier molecular flexibility index (Phi) is 11.6. The smallest absolute Gasteiger partial charge is 0.333 e. The van der Waals surface area contributed by atoms with Crippen molar-refractivity contribution in [2.45, 2.75) is 58.5 Å². The van der Waals surface area contributed by atoms with Crippen molar-refractivity contribution >= 4 is 7.60 Å². The highest BCUT2D eigenvalue weighted by atomic mass is 31.2. The van der Waals surface area contributed by atoms with Crippen LogP contribution in [0.2, 0.25) is 0 Å². The number of rotatable bonds is 13. The zero-order valence-corrected chi connectivity index (χ0v) is 13.2. The van der Waals surface area contributed by atoms with Gasteiger partial charge in [0.15, 0.2) is 0 Å². The molecule has 0 aromatic carbocycles. The van der Waals surface area contributed by atoms with Crippen molar-refractivity contribution in [3.63, 3.8) is 0 Å². The summed E-state index contributed by atoms with van der Waals surface area (Å²) < 4.78 is 22.5. The molecule has 0 aliphatic carbocycles. The van der Waals surface area contributed by atoms with Gasteiger partial charge >= 0.3 is 7.60 Å². The summed E-state index contributed by atoms with van der Waals surface area (Å²) >= 11 is 0. The summed E-state index contributed by atoms with van der Waals surface area (Å²) in [4.78, 5) is 0. The lowest BCUT2D eigenvalue weighted by atomic mass is 10.1. The average Bonchev–Trinajstić information content (AvgIpc) is 2.33. The van der Waals surface area contributed by atoms with Gasteiger partial charge < -0.3 is 14.2 Å². The monoisotopic (exact) mass is 292 g/mol. The van der Waals surface area contributed by atoms with E-state index in [4.69, 9.17) is 9.05 Å². The second kappa shape index (κ2) is 11.7. The van der Waals surface area contributed by atoms with Gasteiger partial charge in [0, 0.05) is 0 Å². The molecule has 19 heavy (non-hydrogen) atoms. The Hall–Kier alpha value is -0.150. The zero-order chi connectivity index (χ0) is 14.6. The fourth-order valence-corrected chi connectivity index (χ4v) is 3.68. The summed E-state index contributed by atoms with van der Waals surface area (Å²) in [6.45, 7) is 7.91. The van der Waals surface area contributed by atoms with Crippen molar-refractivity contribution in [2.24, 2.45) is 0 Å². The van der Waals surface area contributed by atoms with Crippen molar-refractivity contribution in [3.8, 4) is 0 Å². The maximum atomic E-state index is 12.2. The van der Waals surface area contributed by atoms with Crippen LogP contribution in [0.3, 0.4) is 0 Å². The number of allylic oxidation sites excluding steroid dienone is 1. The van der Waals surface area contributed by atoms with Gasteiger partial charge in [0.2, 0.25) is 0 Å². The molecule has 4 nitrogen and oxygen atoms in total. The van der Waals surface area contributed by atoms with Crippen LogP contribution in [0, 0.1) is 0 Å². The maximum absolute atomic E-state index is 12.2. The number of hydrogen-bond acceptors (Lipinski definition) is 4. The van der Waals surface area contributed by atoms with E-state index in [2.05, 4.69) is 6.58 Å². The predicted molar refractivity (Wildman–Crippen MR) is 79.6 cm³/mol. The molecule has 0 amide bonds. The largest absolute Gasteiger partial charge is 0.392 e. The molecule has 1 atom stereocenters. The molecule has 0 aromatic rings. The summed E-state index contributed by atoms with van der Waals surface area (Å²) in [5, 5.41) is 9.89. The molecular formula is C14H29O4P. The van der Waals surface area contributed by atoms with Crippen molar-refractivity contribution < 1.29 is 18.7 Å². The Morgan fingerprint density at radius 1 is 1.16 bits per heavy atom. The summed E-state index contributed by atoms with van der Waals surface area (Å²) in [7, 11) is -3.10. The van der Waals surface area contributed by atoms with Crippen LogP contribution in [0.4, 0.5) is 0 Å². The molecule has 0 saturated carbocycles. The van der Waals surface area contributed by atoms with Gasteiger partial charge in [-0.15, -0.1) is 6.58 Å². The summed E-state index contributed by atoms with van der Waals surface area (Å²) in [6, 6.07) is 0. The third-order valence-electron chi connectivity index (χ3n) is 2.78. The molecule has 0 bridgehead atoms. The van der Waals surface area contributed by atoms with Crippen LogP contribution in [0.1, 0.15) is 52.4 Å². The Bertz CT molecular complexity index is 258. The molecule has 114 valence electrons. The minimum Gasteiger partial charge on any atom is -0.392 e. The Labute approximate surface area is 117 Å². The van der Waals surface area contributed by atoms with E-state index < -0.39 is 13.7 Å². The van der Waals surface area contributed by atoms with E-state index in [1.165, 1.54) is 0 Å². The molecule has 1 N–H and O–H groups in total. The fraction of sp³-hybridized carbons (Fsp3) is 0.857. The SMILES string of the molecule is C=CCCCCCCC(O)CP(=O)(OCC)OCC. The van der Waals surface area contributed by atoms with Crippen LogP contribution >= 0.6 is 7.60 Å². The van der Waals surface area contributed by atoms with Crippen LogP contribution in [0.25, 0.3) is 0 Å². The second-order valence-corrected chi connectivity index (χ2v) is 6.67. The van der Waals surface area contributed by atoms with Crippen LogP contribution in [-0.2, 0) is 13.6 Å². The Balaban J connectivity index is 3.83. The molecular weight excluding hydrogens is 263 g/mol. The first-order valence-electron chi connectivity index (χ1n) is 7.25. The van der Waals surface area contributed by atoms with Crippen molar-refractivity contribution in [2.75, 3.05) is 19.4 Å². The van der Waals surface area contributed by atoms with E-state index in [9.17, 15) is 9.67 Å². The molecule has 0 rings (SSSR count). The molecule has 0 fully saturated rings. The van der Waals surface area contributed by atoms with Gasteiger partial charge in [0.25, 0.3) is 0 Å². The average molecular weight is 292 g/mol. The molecule has 0 aromatic heterocycles. The normalized spacial score (nSPS) is 13.4. The molecule has 0 heterocycles. The summed E-state index contributed by atoms with van der Waals surface area (Å²) in [6.07, 6.45) is 7.43. The van der Waals surface area contributed by atoms with E-state index in [1.54, 1.807) is 13.8 Å². The number of aliphatic hydroxyl groups is 1. The lowest BCUT2D eigenvalue weighted by Crippen LogP contribution is -2.15. The van der Waals surface area contributed by atoms with Crippen LogP contribution in [0.15, 0.2) is 12.7 Å². The summed E-state index contributed by atoms with van der Waals surface area (Å²) in [5.41, 5.74) is 0. The quantitative estimate of drug-likeness (QED) is 0.315. The molecule has 0 aliphatic rings. The maximum Gasteiger partial charge on any atom is 0.333 e. The fourth-order valence-electron chi connectivity index (χ4n) is 1.91. The van der Waals surface area contributed by atoms with Crippen molar-refractivity contribution in [1.29, 1.82) is 0 Å². The van der Waals surface area contributed by atoms with E-state index in [0.717, 1.165) is 32.1 Å². The standard InChI is InChI=1S/C14H29O4P/c1-4-7-8-9-10-11-12-14(15)13-19(16,17-5-2)18-6-3/h4,14-15H,1,5-13H2,2-3H3. The van der Waals surface area contributed by atoms with Crippen molar-refractivity contribution in [1.82, 2.24) is 0 Å². The topological polar surface area (TPSA) is 55.8 Å². The lowest BCUT2D eigenvalue weighted by Gasteiger charge is -2.20. The first kappa shape index (κ1) is 18.9. The zero-order valence-electron chi connectivity index (χ0n) is 12.3. The molecule has 1 unspecified atom stereocenters. The van der Waals surface area contributed by atoms with Crippen molar-refractivity contribution in [3.05, 3.63) is 12.7 Å². The second-order valence-electron chi connectivity index (χ2n) is 4.56. The molecule has 0 saturated heterocycles. The van der Waals surface area contributed by atoms with Crippen LogP contribution in [0.5, 0.6) is 0 Å². The minimum atomic E-state index is -3.10. The number of hydrogen-bond donors (Lipinski definition) is 1. The van der Waals surface area contributed by atoms with E-state index in [1.807, 2.05) is 6.08 Å². The van der Waals surface area contributed by atoms with Crippen LogP contribution < -0.4 is 0 Å². The van der Waals surface area contributed by atoms with E-state index in [-0.39, 0.29) is 6.16 Å². The van der Waals surface area contributed by atoms with Gasteiger partial charge in [-0.05, 0) is 33.1 Å². The molecule has 0 radical (unpaired) electrons. The molecule has 0 spiro atoms. The highest BCUT2D eigenvalue weighted by Gasteiger charge is 2.27. The van der Waals surface area contributed by atoms with Gasteiger partial charge in [-0.1, -0.05) is 25.3 Å². The molecule has 0 aliphatic heterocycles. The van der Waals surface area contributed by atoms with Gasteiger partial charge in [-0.25, -0.2) is 0 Å². The number of unbranched alkanes of at least 4 members (excludes halogenated alkanes) is 4.